The predicted octanol–water partition coefficient (Wildman–Crippen LogP) is 1.68. The van der Waals surface area contributed by atoms with Crippen molar-refractivity contribution in [3.8, 4) is 0 Å². The zero-order valence-electron chi connectivity index (χ0n) is 5.31. The number of nitrogens with two attached hydrogens (primary N) is 1. The zero-order chi connectivity index (χ0) is 7.28. The molecule has 0 amide bonds. The molecule has 0 aliphatic heterocycles. The molecule has 4 heteroatoms. The first-order chi connectivity index (χ1) is 4.16. The van der Waals surface area contributed by atoms with E-state index in [9.17, 15) is 8.78 Å². The molecule has 1 nitrogen and oxygen atoms in total. The van der Waals surface area contributed by atoms with Gasteiger partial charge in [0.25, 0.3) is 5.76 Å². The van der Waals surface area contributed by atoms with Crippen LogP contribution in [0, 0.1) is 0 Å². The summed E-state index contributed by atoms with van der Waals surface area (Å²) in [6.07, 6.45) is 0.662. The molecule has 0 saturated carbocycles. The molecular weight excluding hydrogens is 144 g/mol. The summed E-state index contributed by atoms with van der Waals surface area (Å²) < 4.78 is 23.1. The van der Waals surface area contributed by atoms with Gasteiger partial charge in [-0.15, -0.1) is 0 Å². The van der Waals surface area contributed by atoms with Crippen molar-refractivity contribution < 1.29 is 8.78 Å². The standard InChI is InChI=1S/C5H11F2NS/c1-4(2-3-8)9-5(6)7/h4-5H,2-3,8H2,1H3. The molecular formula is C5H11F2NS. The lowest BCUT2D eigenvalue weighted by Gasteiger charge is -2.06. The van der Waals surface area contributed by atoms with Gasteiger partial charge in [0, 0.05) is 5.25 Å². The normalized spacial score (nSPS) is 14.3. The molecule has 0 saturated heterocycles. The molecule has 1 atom stereocenters. The fraction of sp³-hybridized carbons (Fsp3) is 1.00. The third kappa shape index (κ3) is 6.05. The summed E-state index contributed by atoms with van der Waals surface area (Å²) in [5.41, 5.74) is 5.15. The van der Waals surface area contributed by atoms with E-state index in [4.69, 9.17) is 5.73 Å². The second-order valence-corrected chi connectivity index (χ2v) is 3.22. The molecule has 0 fully saturated rings. The van der Waals surface area contributed by atoms with Crippen molar-refractivity contribution in [1.82, 2.24) is 0 Å². The number of halogens is 2. The number of alkyl halides is 2. The topological polar surface area (TPSA) is 26.0 Å². The van der Waals surface area contributed by atoms with Gasteiger partial charge in [0.1, 0.15) is 0 Å². The number of hydrogen-bond acceptors (Lipinski definition) is 2. The fourth-order valence-corrected chi connectivity index (χ4v) is 1.10. The van der Waals surface area contributed by atoms with Crippen LogP contribution < -0.4 is 5.73 Å². The number of hydrogen-bond donors (Lipinski definition) is 1. The van der Waals surface area contributed by atoms with Crippen molar-refractivity contribution in [1.29, 1.82) is 0 Å². The average Bonchev–Trinajstić information content (AvgIpc) is 1.63. The predicted molar refractivity (Wildman–Crippen MR) is 36.7 cm³/mol. The van der Waals surface area contributed by atoms with Crippen LogP contribution in [0.2, 0.25) is 0 Å². The largest absolute Gasteiger partial charge is 0.330 e. The Balaban J connectivity index is 3.15. The van der Waals surface area contributed by atoms with Crippen molar-refractivity contribution in [2.75, 3.05) is 6.54 Å². The van der Waals surface area contributed by atoms with E-state index >= 15 is 0 Å². The Morgan fingerprint density at radius 3 is 2.44 bits per heavy atom. The molecule has 9 heavy (non-hydrogen) atoms. The summed E-state index contributed by atoms with van der Waals surface area (Å²) in [4.78, 5) is 0. The molecule has 0 aromatic rings. The minimum atomic E-state index is -2.26. The van der Waals surface area contributed by atoms with Crippen LogP contribution in [-0.2, 0) is 0 Å². The quantitative estimate of drug-likeness (QED) is 0.668. The average molecular weight is 155 g/mol. The molecule has 0 aliphatic carbocycles. The highest BCUT2D eigenvalue weighted by Gasteiger charge is 2.08. The summed E-state index contributed by atoms with van der Waals surface area (Å²) in [6, 6.07) is 0. The summed E-state index contributed by atoms with van der Waals surface area (Å²) in [6.45, 7) is 2.24. The Kier molecular flexibility index (Phi) is 5.09. The number of rotatable bonds is 4. The Morgan fingerprint density at radius 1 is 1.56 bits per heavy atom. The Hall–Kier alpha value is 0.170. The SMILES string of the molecule is CC(CCN)SC(F)F. The van der Waals surface area contributed by atoms with E-state index in [-0.39, 0.29) is 5.25 Å². The lowest BCUT2D eigenvalue weighted by molar-refractivity contribution is 0.251. The molecule has 0 radical (unpaired) electrons. The molecule has 1 unspecified atom stereocenters. The molecule has 0 aromatic heterocycles. The first-order valence-electron chi connectivity index (χ1n) is 2.80. The van der Waals surface area contributed by atoms with Gasteiger partial charge < -0.3 is 5.73 Å². The van der Waals surface area contributed by atoms with Crippen molar-refractivity contribution in [2.45, 2.75) is 24.4 Å². The van der Waals surface area contributed by atoms with Gasteiger partial charge in [-0.3, -0.25) is 0 Å². The summed E-state index contributed by atoms with van der Waals surface area (Å²) in [5.74, 6) is -2.26. The van der Waals surface area contributed by atoms with E-state index in [2.05, 4.69) is 0 Å². The third-order valence-electron chi connectivity index (χ3n) is 0.908. The Morgan fingerprint density at radius 2 is 2.11 bits per heavy atom. The smallest absolute Gasteiger partial charge is 0.284 e. The van der Waals surface area contributed by atoms with Crippen LogP contribution in [0.5, 0.6) is 0 Å². The van der Waals surface area contributed by atoms with Gasteiger partial charge in [-0.25, -0.2) is 0 Å². The van der Waals surface area contributed by atoms with Gasteiger partial charge in [-0.05, 0) is 13.0 Å². The first-order valence-corrected chi connectivity index (χ1v) is 3.74. The molecule has 0 spiro atoms. The van der Waals surface area contributed by atoms with Gasteiger partial charge in [-0.1, -0.05) is 18.7 Å². The molecule has 2 N–H and O–H groups in total. The zero-order valence-corrected chi connectivity index (χ0v) is 6.13. The van der Waals surface area contributed by atoms with Crippen LogP contribution in [0.15, 0.2) is 0 Å². The monoisotopic (exact) mass is 155 g/mol. The highest BCUT2D eigenvalue weighted by molar-refractivity contribution is 8.00. The fourth-order valence-electron chi connectivity index (χ4n) is 0.478. The summed E-state index contributed by atoms with van der Waals surface area (Å²) in [7, 11) is 0. The van der Waals surface area contributed by atoms with Crippen LogP contribution in [0.1, 0.15) is 13.3 Å². The van der Waals surface area contributed by atoms with E-state index in [1.807, 2.05) is 0 Å². The minimum absolute atomic E-state index is 0.0185. The summed E-state index contributed by atoms with van der Waals surface area (Å²) >= 11 is 0.666. The number of thioether (sulfide) groups is 1. The van der Waals surface area contributed by atoms with Crippen LogP contribution in [-0.4, -0.2) is 17.6 Å². The maximum absolute atomic E-state index is 11.5. The van der Waals surface area contributed by atoms with Crippen LogP contribution in [0.25, 0.3) is 0 Å². The van der Waals surface area contributed by atoms with Crippen molar-refractivity contribution in [2.24, 2.45) is 5.73 Å². The van der Waals surface area contributed by atoms with Crippen LogP contribution >= 0.6 is 11.8 Å². The van der Waals surface area contributed by atoms with Gasteiger partial charge in [0.05, 0.1) is 0 Å². The molecule has 0 aromatic carbocycles. The molecule has 56 valence electrons. The first kappa shape index (κ1) is 9.17. The maximum Gasteiger partial charge on any atom is 0.284 e. The van der Waals surface area contributed by atoms with Crippen molar-refractivity contribution >= 4 is 11.8 Å². The van der Waals surface area contributed by atoms with E-state index in [1.54, 1.807) is 6.92 Å². The van der Waals surface area contributed by atoms with Crippen LogP contribution in [0.3, 0.4) is 0 Å². The molecule has 0 bridgehead atoms. The Labute approximate surface area is 58.0 Å². The second-order valence-electron chi connectivity index (χ2n) is 1.78. The van der Waals surface area contributed by atoms with E-state index in [0.717, 1.165) is 0 Å². The van der Waals surface area contributed by atoms with Gasteiger partial charge in [0.15, 0.2) is 0 Å². The van der Waals surface area contributed by atoms with Gasteiger partial charge >= 0.3 is 0 Å². The molecule has 0 heterocycles. The third-order valence-corrected chi connectivity index (χ3v) is 1.81. The maximum atomic E-state index is 11.5. The lowest BCUT2D eigenvalue weighted by Crippen LogP contribution is -2.08. The summed E-state index contributed by atoms with van der Waals surface area (Å²) in [5, 5.41) is -0.0185. The van der Waals surface area contributed by atoms with E-state index in [1.165, 1.54) is 0 Å². The highest BCUT2D eigenvalue weighted by Crippen LogP contribution is 2.21. The highest BCUT2D eigenvalue weighted by atomic mass is 32.2. The van der Waals surface area contributed by atoms with Gasteiger partial charge in [0.2, 0.25) is 0 Å². The van der Waals surface area contributed by atoms with Crippen molar-refractivity contribution in [3.63, 3.8) is 0 Å². The second kappa shape index (κ2) is 4.99. The Bertz CT molecular complexity index is 70.0. The minimum Gasteiger partial charge on any atom is -0.330 e. The van der Waals surface area contributed by atoms with E-state index in [0.29, 0.717) is 24.7 Å². The molecule has 0 rings (SSSR count). The molecule has 0 aliphatic rings. The van der Waals surface area contributed by atoms with Crippen LogP contribution in [0.4, 0.5) is 8.78 Å². The van der Waals surface area contributed by atoms with Gasteiger partial charge in [-0.2, -0.15) is 8.78 Å². The lowest BCUT2D eigenvalue weighted by atomic mass is 10.3. The van der Waals surface area contributed by atoms with E-state index < -0.39 is 5.76 Å². The van der Waals surface area contributed by atoms with Crippen molar-refractivity contribution in [3.05, 3.63) is 0 Å².